The third-order valence-corrected chi connectivity index (χ3v) is 4.73. The summed E-state index contributed by atoms with van der Waals surface area (Å²) in [5.74, 6) is 0.122. The van der Waals surface area contributed by atoms with Crippen molar-refractivity contribution in [3.8, 4) is 0 Å². The minimum atomic E-state index is -0.601. The molecule has 1 atom stereocenters. The summed E-state index contributed by atoms with van der Waals surface area (Å²) in [7, 11) is 0. The van der Waals surface area contributed by atoms with Crippen LogP contribution < -0.4 is 5.32 Å². The van der Waals surface area contributed by atoms with Gasteiger partial charge in [0, 0.05) is 5.54 Å². The lowest BCUT2D eigenvalue weighted by molar-refractivity contribution is -0.161. The summed E-state index contributed by atoms with van der Waals surface area (Å²) in [4.78, 5) is 26.8. The van der Waals surface area contributed by atoms with Crippen LogP contribution in [-0.4, -0.2) is 33.8 Å². The molecule has 1 saturated carbocycles. The van der Waals surface area contributed by atoms with Crippen LogP contribution in [0, 0.1) is 0 Å². The summed E-state index contributed by atoms with van der Waals surface area (Å²) in [6.45, 7) is 7.98. The van der Waals surface area contributed by atoms with Gasteiger partial charge in [-0.25, -0.2) is 0 Å². The quantitative estimate of drug-likeness (QED) is 0.815. The van der Waals surface area contributed by atoms with Crippen molar-refractivity contribution in [3.63, 3.8) is 0 Å². The van der Waals surface area contributed by atoms with Gasteiger partial charge in [-0.15, -0.1) is 0 Å². The molecule has 2 rings (SSSR count). The molecule has 1 heterocycles. The summed E-state index contributed by atoms with van der Waals surface area (Å²) < 4.78 is 0. The highest BCUT2D eigenvalue weighted by Gasteiger charge is 2.53. The molecule has 18 heavy (non-hydrogen) atoms. The van der Waals surface area contributed by atoms with E-state index in [0.717, 1.165) is 32.1 Å². The number of hydrogen-bond acceptors (Lipinski definition) is 2. The van der Waals surface area contributed by atoms with Crippen LogP contribution in [0.1, 0.15) is 59.8 Å². The molecule has 2 amide bonds. The van der Waals surface area contributed by atoms with Gasteiger partial charge >= 0.3 is 0 Å². The minimum absolute atomic E-state index is 0.00183. The number of nitrogens with zero attached hydrogens (tertiary/aromatic N) is 1. The van der Waals surface area contributed by atoms with Crippen LogP contribution in [-0.2, 0) is 9.59 Å². The van der Waals surface area contributed by atoms with E-state index in [9.17, 15) is 9.59 Å². The zero-order valence-electron chi connectivity index (χ0n) is 11.9. The Morgan fingerprint density at radius 2 is 1.89 bits per heavy atom. The van der Waals surface area contributed by atoms with E-state index in [4.69, 9.17) is 0 Å². The summed E-state index contributed by atoms with van der Waals surface area (Å²) in [5.41, 5.74) is -0.861. The molecule has 0 radical (unpaired) electrons. The number of rotatable bonds is 2. The van der Waals surface area contributed by atoms with Crippen molar-refractivity contribution < 1.29 is 9.59 Å². The maximum absolute atomic E-state index is 12.8. The van der Waals surface area contributed by atoms with Crippen LogP contribution in [0.15, 0.2) is 0 Å². The number of nitrogens with one attached hydrogen (secondary N) is 1. The lowest BCUT2D eigenvalue weighted by atomic mass is 9.86. The predicted octanol–water partition coefficient (Wildman–Crippen LogP) is 1.83. The van der Waals surface area contributed by atoms with Crippen LogP contribution in [0.5, 0.6) is 0 Å². The largest absolute Gasteiger partial charge is 0.340 e. The molecule has 1 spiro atoms. The van der Waals surface area contributed by atoms with Gasteiger partial charge < -0.3 is 10.2 Å². The topological polar surface area (TPSA) is 49.4 Å². The Hall–Kier alpha value is -1.06. The summed E-state index contributed by atoms with van der Waals surface area (Å²) in [6, 6.07) is -0.362. The molecule has 4 heteroatoms. The first kappa shape index (κ1) is 13.4. The average Bonchev–Trinajstić information content (AvgIpc) is 2.76. The average molecular weight is 252 g/mol. The Morgan fingerprint density at radius 3 is 2.39 bits per heavy atom. The van der Waals surface area contributed by atoms with Gasteiger partial charge in [-0.3, -0.25) is 9.59 Å². The zero-order valence-corrected chi connectivity index (χ0v) is 11.9. The van der Waals surface area contributed by atoms with E-state index >= 15 is 0 Å². The number of carbonyl (C=O) groups is 2. The van der Waals surface area contributed by atoms with Gasteiger partial charge in [0.1, 0.15) is 11.6 Å². The highest BCUT2D eigenvalue weighted by atomic mass is 16.2. The normalized spacial score (nSPS) is 27.8. The molecule has 1 unspecified atom stereocenters. The first-order valence-corrected chi connectivity index (χ1v) is 7.00. The third-order valence-electron chi connectivity index (χ3n) is 4.73. The van der Waals surface area contributed by atoms with Crippen LogP contribution in [0.2, 0.25) is 0 Å². The van der Waals surface area contributed by atoms with Crippen molar-refractivity contribution in [1.82, 2.24) is 10.2 Å². The van der Waals surface area contributed by atoms with E-state index in [1.165, 1.54) is 0 Å². The molecule has 0 aromatic rings. The number of hydrogen-bond donors (Lipinski definition) is 1. The summed E-state index contributed by atoms with van der Waals surface area (Å²) in [5, 5.41) is 2.99. The zero-order chi connectivity index (χ0) is 13.6. The molecule has 102 valence electrons. The Bertz CT molecular complexity index is 370. The van der Waals surface area contributed by atoms with Gasteiger partial charge in [0.25, 0.3) is 0 Å². The Kier molecular flexibility index (Phi) is 3.16. The van der Waals surface area contributed by atoms with E-state index in [-0.39, 0.29) is 23.4 Å². The standard InChI is InChI=1S/C14H24N2O2/c1-5-13(3,4)16-10(2)11(17)15-14(12(16)18)8-6-7-9-14/h10H,5-9H2,1-4H3,(H,15,17). The number of carbonyl (C=O) groups excluding carboxylic acids is 2. The highest BCUT2D eigenvalue weighted by molar-refractivity contribution is 6.00. The molecule has 1 aliphatic carbocycles. The van der Waals surface area contributed by atoms with Crippen LogP contribution in [0.25, 0.3) is 0 Å². The van der Waals surface area contributed by atoms with Gasteiger partial charge in [0.05, 0.1) is 0 Å². The highest BCUT2D eigenvalue weighted by Crippen LogP contribution is 2.37. The summed E-state index contributed by atoms with van der Waals surface area (Å²) in [6.07, 6.45) is 4.50. The molecule has 1 N–H and O–H groups in total. The molecular weight excluding hydrogens is 228 g/mol. The Morgan fingerprint density at radius 1 is 1.33 bits per heavy atom. The molecule has 0 bridgehead atoms. The van der Waals surface area contributed by atoms with Gasteiger partial charge in [0.15, 0.2) is 0 Å². The third kappa shape index (κ3) is 1.82. The summed E-state index contributed by atoms with van der Waals surface area (Å²) >= 11 is 0. The van der Waals surface area contributed by atoms with Crippen molar-refractivity contribution in [3.05, 3.63) is 0 Å². The second kappa shape index (κ2) is 4.25. The lowest BCUT2D eigenvalue weighted by Gasteiger charge is -2.50. The fraction of sp³-hybridized carbons (Fsp3) is 0.857. The minimum Gasteiger partial charge on any atom is -0.340 e. The van der Waals surface area contributed by atoms with Crippen molar-refractivity contribution >= 4 is 11.8 Å². The van der Waals surface area contributed by atoms with E-state index in [1.54, 1.807) is 0 Å². The Balaban J connectivity index is 2.37. The molecule has 0 aromatic carbocycles. The molecule has 0 aromatic heterocycles. The molecular formula is C14H24N2O2. The van der Waals surface area contributed by atoms with Gasteiger partial charge in [-0.05, 0) is 40.0 Å². The molecule has 1 aliphatic heterocycles. The fourth-order valence-electron chi connectivity index (χ4n) is 3.20. The van der Waals surface area contributed by atoms with E-state index < -0.39 is 5.54 Å². The first-order chi connectivity index (χ1) is 8.34. The first-order valence-electron chi connectivity index (χ1n) is 7.00. The molecule has 4 nitrogen and oxygen atoms in total. The van der Waals surface area contributed by atoms with E-state index in [0.29, 0.717) is 0 Å². The van der Waals surface area contributed by atoms with Crippen molar-refractivity contribution in [1.29, 1.82) is 0 Å². The van der Waals surface area contributed by atoms with Crippen LogP contribution in [0.4, 0.5) is 0 Å². The maximum Gasteiger partial charge on any atom is 0.249 e. The molecule has 2 aliphatic rings. The number of piperazine rings is 1. The molecule has 2 fully saturated rings. The number of amides is 2. The van der Waals surface area contributed by atoms with Gasteiger partial charge in [-0.2, -0.15) is 0 Å². The van der Waals surface area contributed by atoms with Crippen LogP contribution in [0.3, 0.4) is 0 Å². The second-order valence-electron chi connectivity index (χ2n) is 6.30. The van der Waals surface area contributed by atoms with E-state index in [2.05, 4.69) is 12.2 Å². The predicted molar refractivity (Wildman–Crippen MR) is 70.0 cm³/mol. The smallest absolute Gasteiger partial charge is 0.249 e. The van der Waals surface area contributed by atoms with Crippen LogP contribution >= 0.6 is 0 Å². The Labute approximate surface area is 109 Å². The SMILES string of the molecule is CCC(C)(C)N1C(=O)C2(CCCC2)NC(=O)C1C. The van der Waals surface area contributed by atoms with Crippen molar-refractivity contribution in [2.75, 3.05) is 0 Å². The maximum atomic E-state index is 12.8. The monoisotopic (exact) mass is 252 g/mol. The second-order valence-corrected chi connectivity index (χ2v) is 6.30. The van der Waals surface area contributed by atoms with E-state index in [1.807, 2.05) is 25.7 Å². The fourth-order valence-corrected chi connectivity index (χ4v) is 3.20. The molecule has 1 saturated heterocycles. The van der Waals surface area contributed by atoms with Crippen molar-refractivity contribution in [2.24, 2.45) is 0 Å². The lowest BCUT2D eigenvalue weighted by Crippen LogP contribution is -2.72. The van der Waals surface area contributed by atoms with Gasteiger partial charge in [-0.1, -0.05) is 19.8 Å². The van der Waals surface area contributed by atoms with Gasteiger partial charge in [0.2, 0.25) is 11.8 Å². The van der Waals surface area contributed by atoms with Crippen molar-refractivity contribution in [2.45, 2.75) is 76.9 Å².